The molecule has 0 N–H and O–H groups in total. The van der Waals surface area contributed by atoms with Crippen LogP contribution >= 0.6 is 0 Å². The molecular weight excluding hydrogens is 597 g/mol. The molecule has 0 atom stereocenters. The van der Waals surface area contributed by atoms with Gasteiger partial charge in [-0.05, 0) is 76.2 Å². The summed E-state index contributed by atoms with van der Waals surface area (Å²) in [4.78, 5) is 14.8. The fourth-order valence-corrected chi connectivity index (χ4v) is 7.50. The van der Waals surface area contributed by atoms with Crippen LogP contribution in [-0.4, -0.2) is 19.5 Å². The number of rotatable bonds is 4. The molecule has 0 aliphatic heterocycles. The number of benzene rings is 7. The molecule has 2 heterocycles. The van der Waals surface area contributed by atoms with Crippen molar-refractivity contribution in [2.75, 3.05) is 0 Å². The van der Waals surface area contributed by atoms with Crippen molar-refractivity contribution in [1.29, 1.82) is 0 Å². The Labute approximate surface area is 284 Å². The van der Waals surface area contributed by atoms with Crippen LogP contribution in [0.5, 0.6) is 0 Å². The van der Waals surface area contributed by atoms with Crippen LogP contribution < -0.4 is 0 Å². The van der Waals surface area contributed by atoms with Crippen LogP contribution in [0.15, 0.2) is 158 Å². The van der Waals surface area contributed by atoms with E-state index in [1.807, 2.05) is 60.7 Å². The van der Waals surface area contributed by atoms with Crippen molar-refractivity contribution in [2.45, 2.75) is 12.8 Å². The fourth-order valence-electron chi connectivity index (χ4n) is 7.50. The third kappa shape index (κ3) is 4.72. The topological polar surface area (TPSA) is 43.6 Å². The van der Waals surface area contributed by atoms with Gasteiger partial charge in [0.05, 0.1) is 11.0 Å². The molecule has 0 unspecified atom stereocenters. The van der Waals surface area contributed by atoms with Crippen molar-refractivity contribution in [2.24, 2.45) is 0 Å². The molecule has 0 saturated carbocycles. The first-order valence-electron chi connectivity index (χ1n) is 16.8. The van der Waals surface area contributed by atoms with Gasteiger partial charge in [0, 0.05) is 33.2 Å². The quantitative estimate of drug-likeness (QED) is 0.195. The highest BCUT2D eigenvalue weighted by atomic mass is 15.0. The zero-order valence-electron chi connectivity index (χ0n) is 26.7. The van der Waals surface area contributed by atoms with Crippen molar-refractivity contribution < 1.29 is 0 Å². The van der Waals surface area contributed by atoms with Gasteiger partial charge < -0.3 is 4.57 Å². The molecule has 0 radical (unpaired) electrons. The summed E-state index contributed by atoms with van der Waals surface area (Å²) < 4.78 is 2.40. The minimum atomic E-state index is 0.680. The van der Waals surface area contributed by atoms with Crippen molar-refractivity contribution in [3.05, 3.63) is 180 Å². The Kier molecular flexibility index (Phi) is 6.28. The highest BCUT2D eigenvalue weighted by molar-refractivity contribution is 6.09. The molecule has 0 bridgehead atoms. The standard InChI is InChI=1S/C45H30N4/c1-3-11-29(12-4-1)43-46-44(30-13-5-2-6-14-30)48-45(47-43)33-20-19-31-23-36-27-37-28-38(22-21-32(37)24-35(36)26-34(31)25-33)49-41-17-9-7-15-39(41)40-16-8-10-18-42(40)49/h1-22,24-25,27-28H,23,26H2. The zero-order chi connectivity index (χ0) is 32.3. The van der Waals surface area contributed by atoms with E-state index in [0.717, 1.165) is 29.5 Å². The summed E-state index contributed by atoms with van der Waals surface area (Å²) in [6, 6.07) is 56.1. The van der Waals surface area contributed by atoms with Gasteiger partial charge >= 0.3 is 0 Å². The summed E-state index contributed by atoms with van der Waals surface area (Å²) in [5, 5.41) is 5.10. The summed E-state index contributed by atoms with van der Waals surface area (Å²) in [5.41, 5.74) is 12.1. The average molecular weight is 627 g/mol. The number of aromatic nitrogens is 4. The molecule has 0 amide bonds. The lowest BCUT2D eigenvalue weighted by atomic mass is 9.84. The van der Waals surface area contributed by atoms with Crippen molar-refractivity contribution in [3.8, 4) is 39.9 Å². The highest BCUT2D eigenvalue weighted by Gasteiger charge is 2.20. The van der Waals surface area contributed by atoms with Crippen LogP contribution in [-0.2, 0) is 12.8 Å². The molecule has 4 nitrogen and oxygen atoms in total. The third-order valence-electron chi connectivity index (χ3n) is 9.91. The molecule has 0 spiro atoms. The average Bonchev–Trinajstić information content (AvgIpc) is 3.51. The van der Waals surface area contributed by atoms with E-state index in [9.17, 15) is 0 Å². The van der Waals surface area contributed by atoms with Crippen LogP contribution in [0.2, 0.25) is 0 Å². The van der Waals surface area contributed by atoms with Crippen LogP contribution in [0.3, 0.4) is 0 Å². The number of nitrogens with zero attached hydrogens (tertiary/aromatic N) is 4. The number of hydrogen-bond acceptors (Lipinski definition) is 3. The SMILES string of the molecule is c1ccc(-c2nc(-c3ccccc3)nc(-c3ccc4c(c3)Cc3cc5ccc(-n6c7ccccc7c7ccccc76)cc5cc3C4)n2)cc1. The summed E-state index contributed by atoms with van der Waals surface area (Å²) >= 11 is 0. The molecule has 2 aromatic heterocycles. The van der Waals surface area contributed by atoms with Crippen molar-refractivity contribution in [1.82, 2.24) is 19.5 Å². The summed E-state index contributed by atoms with van der Waals surface area (Å²) in [6.07, 6.45) is 1.79. The Morgan fingerprint density at radius 1 is 0.367 bits per heavy atom. The molecule has 230 valence electrons. The maximum absolute atomic E-state index is 4.98. The molecule has 9 aromatic rings. The van der Waals surface area contributed by atoms with E-state index in [-0.39, 0.29) is 0 Å². The smallest absolute Gasteiger partial charge is 0.164 e. The molecular formula is C45H30N4. The van der Waals surface area contributed by atoms with Crippen LogP contribution in [0.1, 0.15) is 22.3 Å². The first kappa shape index (κ1) is 27.7. The molecule has 1 aliphatic rings. The van der Waals surface area contributed by atoms with Crippen molar-refractivity contribution in [3.63, 3.8) is 0 Å². The third-order valence-corrected chi connectivity index (χ3v) is 9.91. The fraction of sp³-hybridized carbons (Fsp3) is 0.0444. The van der Waals surface area contributed by atoms with Gasteiger partial charge in [0.25, 0.3) is 0 Å². The summed E-state index contributed by atoms with van der Waals surface area (Å²) in [5.74, 6) is 2.05. The van der Waals surface area contributed by atoms with Crippen molar-refractivity contribution >= 4 is 32.6 Å². The monoisotopic (exact) mass is 626 g/mol. The van der Waals surface area contributed by atoms with Gasteiger partial charge in [-0.3, -0.25) is 0 Å². The summed E-state index contributed by atoms with van der Waals surface area (Å²) in [7, 11) is 0. The maximum Gasteiger partial charge on any atom is 0.164 e. The molecule has 1 aliphatic carbocycles. The molecule has 10 rings (SSSR count). The summed E-state index contributed by atoms with van der Waals surface area (Å²) in [6.45, 7) is 0. The second kappa shape index (κ2) is 11.1. The predicted molar refractivity (Wildman–Crippen MR) is 200 cm³/mol. The van der Waals surface area contributed by atoms with Gasteiger partial charge in [-0.15, -0.1) is 0 Å². The van der Waals surface area contributed by atoms with Gasteiger partial charge in [-0.2, -0.15) is 0 Å². The zero-order valence-corrected chi connectivity index (χ0v) is 26.7. The van der Waals surface area contributed by atoms with Gasteiger partial charge in [0.15, 0.2) is 17.5 Å². The number of fused-ring (bicyclic) bond motifs is 6. The minimum absolute atomic E-state index is 0.680. The Morgan fingerprint density at radius 2 is 0.878 bits per heavy atom. The van der Waals surface area contributed by atoms with E-state index >= 15 is 0 Å². The van der Waals surface area contributed by atoms with Crippen LogP contribution in [0, 0.1) is 0 Å². The Hall–Kier alpha value is -6.39. The van der Waals surface area contributed by atoms with Gasteiger partial charge in [-0.1, -0.05) is 127 Å². The van der Waals surface area contributed by atoms with E-state index < -0.39 is 0 Å². The normalized spacial score (nSPS) is 12.3. The molecule has 4 heteroatoms. The van der Waals surface area contributed by atoms with Crippen LogP contribution in [0.25, 0.3) is 72.4 Å². The maximum atomic E-state index is 4.98. The largest absolute Gasteiger partial charge is 0.309 e. The van der Waals surface area contributed by atoms with E-state index in [4.69, 9.17) is 15.0 Å². The van der Waals surface area contributed by atoms with Gasteiger partial charge in [0.2, 0.25) is 0 Å². The van der Waals surface area contributed by atoms with E-state index in [1.165, 1.54) is 60.5 Å². The van der Waals surface area contributed by atoms with Crippen LogP contribution in [0.4, 0.5) is 0 Å². The predicted octanol–water partition coefficient (Wildman–Crippen LogP) is 10.6. The second-order valence-corrected chi connectivity index (χ2v) is 12.9. The molecule has 0 saturated heterocycles. The van der Waals surface area contributed by atoms with Gasteiger partial charge in [0.1, 0.15) is 0 Å². The van der Waals surface area contributed by atoms with E-state index in [1.54, 1.807) is 0 Å². The van der Waals surface area contributed by atoms with E-state index in [2.05, 4.69) is 102 Å². The molecule has 49 heavy (non-hydrogen) atoms. The first-order valence-corrected chi connectivity index (χ1v) is 16.8. The Bertz CT molecular complexity index is 2600. The van der Waals surface area contributed by atoms with E-state index in [0.29, 0.717) is 17.5 Å². The molecule has 7 aromatic carbocycles. The minimum Gasteiger partial charge on any atom is -0.309 e. The first-order chi connectivity index (χ1) is 24.2. The highest BCUT2D eigenvalue weighted by Crippen LogP contribution is 2.36. The lowest BCUT2D eigenvalue weighted by Gasteiger charge is -2.21. The second-order valence-electron chi connectivity index (χ2n) is 12.9. The Morgan fingerprint density at radius 3 is 1.51 bits per heavy atom. The molecule has 0 fully saturated rings. The van der Waals surface area contributed by atoms with Gasteiger partial charge in [-0.25, -0.2) is 15.0 Å². The Balaban J connectivity index is 1.03. The lowest BCUT2D eigenvalue weighted by Crippen LogP contribution is -2.08. The number of hydrogen-bond donors (Lipinski definition) is 0. The lowest BCUT2D eigenvalue weighted by molar-refractivity contribution is 1.00. The number of para-hydroxylation sites is 2.